The molecule has 0 saturated heterocycles. The van der Waals surface area contributed by atoms with Crippen LogP contribution in [0.1, 0.15) is 31.7 Å². The third-order valence-corrected chi connectivity index (χ3v) is 4.23. The van der Waals surface area contributed by atoms with Crippen LogP contribution in [0.25, 0.3) is 0 Å². The minimum atomic E-state index is -0.0123. The number of aryl methyl sites for hydroxylation is 1. The van der Waals surface area contributed by atoms with Gasteiger partial charge in [0.15, 0.2) is 0 Å². The van der Waals surface area contributed by atoms with E-state index in [1.54, 1.807) is 0 Å². The van der Waals surface area contributed by atoms with Crippen molar-refractivity contribution in [2.75, 3.05) is 18.4 Å². The van der Waals surface area contributed by atoms with Gasteiger partial charge in [0.05, 0.1) is 0 Å². The molecule has 1 aliphatic carbocycles. The van der Waals surface area contributed by atoms with Gasteiger partial charge in [-0.1, -0.05) is 24.1 Å². The second-order valence-corrected chi connectivity index (χ2v) is 5.58. The van der Waals surface area contributed by atoms with Crippen molar-refractivity contribution in [2.24, 2.45) is 11.7 Å². The number of nitrogens with two attached hydrogens (primary N) is 1. The van der Waals surface area contributed by atoms with Gasteiger partial charge in [-0.3, -0.25) is 0 Å². The van der Waals surface area contributed by atoms with Crippen molar-refractivity contribution in [1.29, 1.82) is 0 Å². The van der Waals surface area contributed by atoms with Crippen LogP contribution >= 0.6 is 0 Å². The van der Waals surface area contributed by atoms with Gasteiger partial charge in [-0.25, -0.2) is 4.79 Å². The van der Waals surface area contributed by atoms with E-state index >= 15 is 0 Å². The van der Waals surface area contributed by atoms with Crippen LogP contribution in [0.2, 0.25) is 0 Å². The van der Waals surface area contributed by atoms with E-state index in [2.05, 4.69) is 5.32 Å². The van der Waals surface area contributed by atoms with Gasteiger partial charge in [0.2, 0.25) is 0 Å². The van der Waals surface area contributed by atoms with Crippen LogP contribution in [0.4, 0.5) is 10.5 Å². The number of carbonyl (C=O) groups is 1. The molecule has 1 fully saturated rings. The Bertz CT molecular complexity index is 444. The van der Waals surface area contributed by atoms with E-state index in [-0.39, 0.29) is 12.1 Å². The number of rotatable bonds is 4. The van der Waals surface area contributed by atoms with Gasteiger partial charge in [-0.2, -0.15) is 0 Å². The first-order chi connectivity index (χ1) is 9.65. The standard InChI is InChI=1S/C16H25N3O/c1-3-19(15-6-4-5-13(15)11-17)16(20)18-14-9-7-12(2)8-10-14/h7-10,13,15H,3-6,11,17H2,1-2H3,(H,18,20). The zero-order valence-corrected chi connectivity index (χ0v) is 12.4. The number of hydrogen-bond acceptors (Lipinski definition) is 2. The highest BCUT2D eigenvalue weighted by molar-refractivity contribution is 5.89. The molecule has 2 atom stereocenters. The van der Waals surface area contributed by atoms with Crippen LogP contribution in [-0.2, 0) is 0 Å². The van der Waals surface area contributed by atoms with Crippen molar-refractivity contribution in [3.05, 3.63) is 29.8 Å². The van der Waals surface area contributed by atoms with E-state index in [1.165, 1.54) is 12.0 Å². The highest BCUT2D eigenvalue weighted by Crippen LogP contribution is 2.29. The molecule has 2 amide bonds. The molecule has 0 heterocycles. The summed E-state index contributed by atoms with van der Waals surface area (Å²) in [6, 6.07) is 8.16. The number of anilines is 1. The number of urea groups is 1. The molecular weight excluding hydrogens is 250 g/mol. The lowest BCUT2D eigenvalue weighted by atomic mass is 10.0. The molecule has 3 N–H and O–H groups in total. The van der Waals surface area contributed by atoms with E-state index in [1.807, 2.05) is 43.0 Å². The van der Waals surface area contributed by atoms with Gasteiger partial charge in [-0.15, -0.1) is 0 Å². The lowest BCUT2D eigenvalue weighted by Gasteiger charge is -2.32. The van der Waals surface area contributed by atoms with Crippen LogP contribution in [0.15, 0.2) is 24.3 Å². The first kappa shape index (κ1) is 14.9. The minimum absolute atomic E-state index is 0.0123. The Hall–Kier alpha value is -1.55. The minimum Gasteiger partial charge on any atom is -0.330 e. The van der Waals surface area contributed by atoms with Crippen LogP contribution in [-0.4, -0.2) is 30.1 Å². The summed E-state index contributed by atoms with van der Waals surface area (Å²) in [6.07, 6.45) is 3.37. The number of hydrogen-bond donors (Lipinski definition) is 2. The van der Waals surface area contributed by atoms with Crippen LogP contribution in [0.3, 0.4) is 0 Å². The molecule has 20 heavy (non-hydrogen) atoms. The van der Waals surface area contributed by atoms with E-state index in [0.29, 0.717) is 12.5 Å². The molecule has 1 aromatic carbocycles. The maximum atomic E-state index is 12.5. The summed E-state index contributed by atoms with van der Waals surface area (Å²) < 4.78 is 0. The zero-order chi connectivity index (χ0) is 14.5. The molecule has 1 saturated carbocycles. The largest absolute Gasteiger partial charge is 0.330 e. The Morgan fingerprint density at radius 1 is 1.35 bits per heavy atom. The number of nitrogens with one attached hydrogen (secondary N) is 1. The molecule has 4 heteroatoms. The Kier molecular flexibility index (Phi) is 5.01. The molecule has 110 valence electrons. The molecule has 0 radical (unpaired) electrons. The lowest BCUT2D eigenvalue weighted by Crippen LogP contribution is -2.46. The number of amides is 2. The van der Waals surface area contributed by atoms with Gasteiger partial charge in [0, 0.05) is 18.3 Å². The van der Waals surface area contributed by atoms with Gasteiger partial charge in [-0.05, 0) is 51.3 Å². The fraction of sp³-hybridized carbons (Fsp3) is 0.562. The van der Waals surface area contributed by atoms with Crippen LogP contribution in [0.5, 0.6) is 0 Å². The molecule has 0 aliphatic heterocycles. The Morgan fingerprint density at radius 2 is 2.05 bits per heavy atom. The second-order valence-electron chi connectivity index (χ2n) is 5.58. The first-order valence-corrected chi connectivity index (χ1v) is 7.50. The summed E-state index contributed by atoms with van der Waals surface area (Å²) in [6.45, 7) is 5.45. The molecule has 1 aromatic rings. The Balaban J connectivity index is 2.03. The van der Waals surface area contributed by atoms with E-state index in [0.717, 1.165) is 25.1 Å². The predicted molar refractivity (Wildman–Crippen MR) is 82.8 cm³/mol. The molecule has 0 bridgehead atoms. The fourth-order valence-electron chi connectivity index (χ4n) is 3.06. The summed E-state index contributed by atoms with van der Waals surface area (Å²) in [5, 5.41) is 2.99. The predicted octanol–water partition coefficient (Wildman–Crippen LogP) is 2.98. The van der Waals surface area contributed by atoms with Crippen molar-refractivity contribution >= 4 is 11.7 Å². The van der Waals surface area contributed by atoms with Crippen molar-refractivity contribution < 1.29 is 4.79 Å². The average Bonchev–Trinajstić information content (AvgIpc) is 2.90. The molecular formula is C16H25N3O. The van der Waals surface area contributed by atoms with Crippen molar-refractivity contribution in [1.82, 2.24) is 4.90 Å². The highest BCUT2D eigenvalue weighted by atomic mass is 16.2. The lowest BCUT2D eigenvalue weighted by molar-refractivity contribution is 0.175. The highest BCUT2D eigenvalue weighted by Gasteiger charge is 2.33. The monoisotopic (exact) mass is 275 g/mol. The summed E-state index contributed by atoms with van der Waals surface area (Å²) in [5.41, 5.74) is 7.87. The van der Waals surface area contributed by atoms with Crippen molar-refractivity contribution in [2.45, 2.75) is 39.2 Å². The van der Waals surface area contributed by atoms with Gasteiger partial charge in [0.1, 0.15) is 0 Å². The Morgan fingerprint density at radius 3 is 2.65 bits per heavy atom. The summed E-state index contributed by atoms with van der Waals surface area (Å²) >= 11 is 0. The van der Waals surface area contributed by atoms with Crippen molar-refractivity contribution in [3.8, 4) is 0 Å². The number of carbonyl (C=O) groups excluding carboxylic acids is 1. The zero-order valence-electron chi connectivity index (χ0n) is 12.4. The molecule has 0 aromatic heterocycles. The molecule has 0 spiro atoms. The summed E-state index contributed by atoms with van der Waals surface area (Å²) in [5.74, 6) is 0.443. The molecule has 2 rings (SSSR count). The maximum Gasteiger partial charge on any atom is 0.322 e. The van der Waals surface area contributed by atoms with E-state index < -0.39 is 0 Å². The van der Waals surface area contributed by atoms with Crippen LogP contribution < -0.4 is 11.1 Å². The quantitative estimate of drug-likeness (QED) is 0.887. The third-order valence-electron chi connectivity index (χ3n) is 4.23. The SMILES string of the molecule is CCN(C(=O)Nc1ccc(C)cc1)C1CCCC1CN. The van der Waals surface area contributed by atoms with Crippen LogP contribution in [0, 0.1) is 12.8 Å². The molecule has 2 unspecified atom stereocenters. The van der Waals surface area contributed by atoms with Gasteiger partial charge < -0.3 is 16.0 Å². The smallest absolute Gasteiger partial charge is 0.322 e. The normalized spacial score (nSPS) is 21.8. The summed E-state index contributed by atoms with van der Waals surface area (Å²) in [4.78, 5) is 14.4. The van der Waals surface area contributed by atoms with E-state index in [9.17, 15) is 4.79 Å². The average molecular weight is 275 g/mol. The topological polar surface area (TPSA) is 58.4 Å². The fourth-order valence-corrected chi connectivity index (χ4v) is 3.06. The van der Waals surface area contributed by atoms with Gasteiger partial charge in [0.25, 0.3) is 0 Å². The molecule has 1 aliphatic rings. The first-order valence-electron chi connectivity index (χ1n) is 7.50. The third kappa shape index (κ3) is 3.31. The second kappa shape index (κ2) is 6.75. The maximum absolute atomic E-state index is 12.5. The number of benzene rings is 1. The van der Waals surface area contributed by atoms with Crippen molar-refractivity contribution in [3.63, 3.8) is 0 Å². The van der Waals surface area contributed by atoms with Gasteiger partial charge >= 0.3 is 6.03 Å². The molecule has 4 nitrogen and oxygen atoms in total. The van der Waals surface area contributed by atoms with E-state index in [4.69, 9.17) is 5.73 Å². The number of nitrogens with zero attached hydrogens (tertiary/aromatic N) is 1. The summed E-state index contributed by atoms with van der Waals surface area (Å²) in [7, 11) is 0. The Labute approximate surface area is 121 Å².